The number of allylic oxidation sites excluding steroid dienone is 5. The molecular formula is C55H99NO18. The fourth-order valence-electron chi connectivity index (χ4n) is 9.58. The summed E-state index contributed by atoms with van der Waals surface area (Å²) in [4.78, 5) is 13.2. The average Bonchev–Trinajstić information content (AvgIpc) is 3.40. The summed E-state index contributed by atoms with van der Waals surface area (Å²) in [6, 6.07) is -0.990. The molecule has 3 saturated heterocycles. The van der Waals surface area contributed by atoms with Crippen LogP contribution in [0.4, 0.5) is 0 Å². The molecule has 3 aliphatic rings. The highest BCUT2D eigenvalue weighted by Gasteiger charge is 2.53. The Hall–Kier alpha value is -1.99. The zero-order chi connectivity index (χ0) is 54.1. The predicted octanol–water partition coefficient (Wildman–Crippen LogP) is 3.76. The molecule has 0 saturated carbocycles. The monoisotopic (exact) mass is 1060 g/mol. The van der Waals surface area contributed by atoms with E-state index in [0.29, 0.717) is 12.8 Å². The Kier molecular flexibility index (Phi) is 35.3. The maximum Gasteiger partial charge on any atom is 0.220 e. The number of hydrogen-bond acceptors (Lipinski definition) is 18. The number of aliphatic hydroxyl groups excluding tert-OH is 11. The number of ether oxygens (including phenoxy) is 6. The SMILES string of the molecule is C/C=C/CC/C=C/CC/C=C/C(O)C(COC1OC(CO)C(OC2OC(CO)C(OC3OC(CO)C(O)C(O)C3O)C(O)C2O)C(O)C1O)NC(=O)CCCCCCCCCCCCCCCCCCCCCC. The summed E-state index contributed by atoms with van der Waals surface area (Å²) < 4.78 is 34.1. The van der Waals surface area contributed by atoms with Gasteiger partial charge in [-0.25, -0.2) is 0 Å². The Balaban J connectivity index is 1.48. The van der Waals surface area contributed by atoms with Crippen LogP contribution < -0.4 is 5.32 Å². The Labute approximate surface area is 440 Å². The molecule has 0 bridgehead atoms. The van der Waals surface area contributed by atoms with Crippen molar-refractivity contribution in [3.05, 3.63) is 36.5 Å². The summed E-state index contributed by atoms with van der Waals surface area (Å²) in [5.41, 5.74) is 0. The van der Waals surface area contributed by atoms with Crippen LogP contribution in [0.1, 0.15) is 174 Å². The number of nitrogens with one attached hydrogen (secondary N) is 1. The number of carbonyl (C=O) groups excluding carboxylic acids is 1. The van der Waals surface area contributed by atoms with Crippen LogP contribution in [0.5, 0.6) is 0 Å². The molecule has 12 N–H and O–H groups in total. The fraction of sp³-hybridized carbons (Fsp3) is 0.873. The minimum Gasteiger partial charge on any atom is -0.394 e. The molecule has 0 aromatic rings. The van der Waals surface area contributed by atoms with E-state index in [1.54, 1.807) is 6.08 Å². The molecule has 19 nitrogen and oxygen atoms in total. The molecule has 0 radical (unpaired) electrons. The highest BCUT2D eigenvalue weighted by atomic mass is 16.8. The molecule has 3 rings (SSSR count). The molecule has 74 heavy (non-hydrogen) atoms. The first-order valence-corrected chi connectivity index (χ1v) is 28.2. The Morgan fingerprint density at radius 2 is 0.892 bits per heavy atom. The quantitative estimate of drug-likeness (QED) is 0.0307. The zero-order valence-electron chi connectivity index (χ0n) is 44.6. The molecule has 0 spiro atoms. The molecule has 17 atom stereocenters. The van der Waals surface area contributed by atoms with Crippen molar-refractivity contribution in [2.75, 3.05) is 26.4 Å². The lowest BCUT2D eigenvalue weighted by molar-refractivity contribution is -0.379. The number of aliphatic hydroxyl groups is 11. The van der Waals surface area contributed by atoms with Crippen LogP contribution in [-0.4, -0.2) is 193 Å². The number of amides is 1. The van der Waals surface area contributed by atoms with E-state index in [1.807, 2.05) is 19.1 Å². The molecule has 3 fully saturated rings. The molecule has 3 aliphatic heterocycles. The van der Waals surface area contributed by atoms with Crippen molar-refractivity contribution in [3.63, 3.8) is 0 Å². The van der Waals surface area contributed by atoms with Gasteiger partial charge in [-0.3, -0.25) is 4.79 Å². The molecule has 432 valence electrons. The molecule has 0 aromatic heterocycles. The minimum absolute atomic E-state index is 0.234. The van der Waals surface area contributed by atoms with Gasteiger partial charge in [-0.05, 0) is 39.0 Å². The van der Waals surface area contributed by atoms with E-state index in [4.69, 9.17) is 28.4 Å². The van der Waals surface area contributed by atoms with Crippen LogP contribution in [0.15, 0.2) is 36.5 Å². The van der Waals surface area contributed by atoms with Crippen molar-refractivity contribution < 1.29 is 89.4 Å². The average molecular weight is 1060 g/mol. The largest absolute Gasteiger partial charge is 0.394 e. The molecule has 1 amide bonds. The third kappa shape index (κ3) is 23.9. The van der Waals surface area contributed by atoms with Gasteiger partial charge in [0.15, 0.2) is 18.9 Å². The third-order valence-electron chi connectivity index (χ3n) is 14.3. The highest BCUT2D eigenvalue weighted by Crippen LogP contribution is 2.33. The number of rotatable bonds is 40. The summed E-state index contributed by atoms with van der Waals surface area (Å²) in [7, 11) is 0. The van der Waals surface area contributed by atoms with Crippen molar-refractivity contribution in [3.8, 4) is 0 Å². The van der Waals surface area contributed by atoms with Gasteiger partial charge in [-0.2, -0.15) is 0 Å². The van der Waals surface area contributed by atoms with E-state index in [0.717, 1.165) is 38.5 Å². The number of carbonyl (C=O) groups is 1. The molecular weight excluding hydrogens is 963 g/mol. The van der Waals surface area contributed by atoms with E-state index in [-0.39, 0.29) is 18.9 Å². The maximum atomic E-state index is 13.2. The van der Waals surface area contributed by atoms with Gasteiger partial charge in [-0.15, -0.1) is 0 Å². The Bertz CT molecular complexity index is 1500. The maximum absolute atomic E-state index is 13.2. The van der Waals surface area contributed by atoms with E-state index in [1.165, 1.54) is 103 Å². The van der Waals surface area contributed by atoms with Gasteiger partial charge in [0.1, 0.15) is 73.2 Å². The van der Waals surface area contributed by atoms with E-state index in [9.17, 15) is 61.0 Å². The van der Waals surface area contributed by atoms with Crippen LogP contribution in [0.25, 0.3) is 0 Å². The van der Waals surface area contributed by atoms with Crippen molar-refractivity contribution >= 4 is 5.91 Å². The zero-order valence-corrected chi connectivity index (χ0v) is 44.6. The lowest BCUT2D eigenvalue weighted by Crippen LogP contribution is -2.66. The van der Waals surface area contributed by atoms with Gasteiger partial charge in [0.2, 0.25) is 5.91 Å². The van der Waals surface area contributed by atoms with Crippen LogP contribution in [0.3, 0.4) is 0 Å². The Morgan fingerprint density at radius 1 is 0.500 bits per heavy atom. The standard InChI is InChI=1S/C55H99NO18/c1-3-5-7-9-11-13-14-15-16-17-18-19-20-21-22-23-25-27-29-31-33-43(61)56-38(39(60)32-30-28-26-24-12-10-8-6-4-2)37-69-53-49(67)46(64)51(41(35-58)71-53)74-55-50(68)47(65)52(42(36-59)72-55)73-54-48(66)45(63)44(62)40(34-57)70-54/h4,6,12,24,30,32,38-42,44-55,57-60,62-68H,3,5,7-11,13-23,25-29,31,33-37H2,1-2H3,(H,56,61)/b6-4+,24-12+,32-30+. The summed E-state index contributed by atoms with van der Waals surface area (Å²) in [6.07, 6.45) is 13.2. The topological polar surface area (TPSA) is 307 Å². The molecule has 3 heterocycles. The first kappa shape index (κ1) is 66.3. The molecule has 19 heteroatoms. The summed E-state index contributed by atoms with van der Waals surface area (Å²) in [5, 5.41) is 120. The van der Waals surface area contributed by atoms with Crippen molar-refractivity contribution in [2.24, 2.45) is 0 Å². The first-order valence-electron chi connectivity index (χ1n) is 28.2. The molecule has 0 aromatic carbocycles. The van der Waals surface area contributed by atoms with Gasteiger partial charge in [0.05, 0.1) is 38.6 Å². The first-order chi connectivity index (χ1) is 35.8. The summed E-state index contributed by atoms with van der Waals surface area (Å²) in [6.45, 7) is 1.44. The summed E-state index contributed by atoms with van der Waals surface area (Å²) in [5.74, 6) is -0.292. The van der Waals surface area contributed by atoms with Crippen LogP contribution in [0.2, 0.25) is 0 Å². The van der Waals surface area contributed by atoms with Crippen molar-refractivity contribution in [1.29, 1.82) is 0 Å². The smallest absolute Gasteiger partial charge is 0.220 e. The van der Waals surface area contributed by atoms with Crippen molar-refractivity contribution in [1.82, 2.24) is 5.32 Å². The molecule has 17 unspecified atom stereocenters. The van der Waals surface area contributed by atoms with Crippen molar-refractivity contribution in [2.45, 2.75) is 279 Å². The molecule has 0 aliphatic carbocycles. The highest BCUT2D eigenvalue weighted by molar-refractivity contribution is 5.76. The lowest BCUT2D eigenvalue weighted by atomic mass is 9.96. The van der Waals surface area contributed by atoms with Gasteiger partial charge < -0.3 is 89.9 Å². The second-order valence-electron chi connectivity index (χ2n) is 20.4. The van der Waals surface area contributed by atoms with Gasteiger partial charge in [0, 0.05) is 6.42 Å². The number of hydrogen-bond donors (Lipinski definition) is 12. The lowest BCUT2D eigenvalue weighted by Gasteiger charge is -2.48. The van der Waals surface area contributed by atoms with Gasteiger partial charge >= 0.3 is 0 Å². The van der Waals surface area contributed by atoms with Gasteiger partial charge in [-0.1, -0.05) is 165 Å². The van der Waals surface area contributed by atoms with Crippen LogP contribution in [-0.2, 0) is 33.2 Å². The van der Waals surface area contributed by atoms with Crippen LogP contribution in [0, 0.1) is 0 Å². The predicted molar refractivity (Wildman–Crippen MR) is 277 cm³/mol. The fourth-order valence-corrected chi connectivity index (χ4v) is 9.58. The normalized spacial score (nSPS) is 31.7. The van der Waals surface area contributed by atoms with E-state index < -0.39 is 124 Å². The summed E-state index contributed by atoms with van der Waals surface area (Å²) >= 11 is 0. The van der Waals surface area contributed by atoms with Crippen LogP contribution >= 0.6 is 0 Å². The van der Waals surface area contributed by atoms with E-state index in [2.05, 4.69) is 30.5 Å². The number of unbranched alkanes of at least 4 members (excludes halogenated alkanes) is 21. The second-order valence-corrected chi connectivity index (χ2v) is 20.4. The van der Waals surface area contributed by atoms with E-state index >= 15 is 0 Å². The van der Waals surface area contributed by atoms with Gasteiger partial charge in [0.25, 0.3) is 0 Å². The third-order valence-corrected chi connectivity index (χ3v) is 14.3. The second kappa shape index (κ2) is 39.4. The Morgan fingerprint density at radius 3 is 1.35 bits per heavy atom. The minimum atomic E-state index is -1.98.